The van der Waals surface area contributed by atoms with Crippen LogP contribution in [0, 0.1) is 22.0 Å². The Balaban J connectivity index is 2.63. The first-order valence-corrected chi connectivity index (χ1v) is 4.48. The van der Waals surface area contributed by atoms with Crippen LogP contribution in [0.25, 0.3) is 0 Å². The fourth-order valence-corrected chi connectivity index (χ4v) is 0.909. The van der Waals surface area contributed by atoms with Gasteiger partial charge in [0.25, 0.3) is 5.69 Å². The molecule has 0 saturated heterocycles. The Morgan fingerprint density at radius 2 is 2.40 bits per heavy atom. The number of rotatable bonds is 3. The summed E-state index contributed by atoms with van der Waals surface area (Å²) in [6.45, 7) is 0.819. The van der Waals surface area contributed by atoms with Crippen LogP contribution in [0.5, 0.6) is 0 Å². The molecule has 0 atom stereocenters. The second-order valence-corrected chi connectivity index (χ2v) is 2.81. The van der Waals surface area contributed by atoms with Crippen molar-refractivity contribution in [2.24, 2.45) is 0 Å². The summed E-state index contributed by atoms with van der Waals surface area (Å²) < 4.78 is 0. The van der Waals surface area contributed by atoms with E-state index >= 15 is 0 Å². The molecule has 0 aliphatic heterocycles. The topological polar surface area (TPSA) is 68.1 Å². The van der Waals surface area contributed by atoms with E-state index in [0.29, 0.717) is 5.69 Å². The predicted molar refractivity (Wildman–Crippen MR) is 56.3 cm³/mol. The van der Waals surface area contributed by atoms with E-state index in [0.717, 1.165) is 13.0 Å². The van der Waals surface area contributed by atoms with Crippen molar-refractivity contribution in [3.8, 4) is 11.8 Å². The van der Waals surface area contributed by atoms with Crippen molar-refractivity contribution in [3.63, 3.8) is 0 Å². The summed E-state index contributed by atoms with van der Waals surface area (Å²) in [7, 11) is 1.85. The minimum atomic E-state index is -0.481. The average Bonchev–Trinajstić information content (AvgIpc) is 2.25. The van der Waals surface area contributed by atoms with E-state index in [2.05, 4.69) is 22.1 Å². The largest absolute Gasteiger partial charge is 0.319 e. The summed E-state index contributed by atoms with van der Waals surface area (Å²) in [6, 6.07) is 2.94. The predicted octanol–water partition coefficient (Wildman–Crippen LogP) is 0.951. The zero-order valence-corrected chi connectivity index (χ0v) is 8.36. The van der Waals surface area contributed by atoms with Gasteiger partial charge in [-0.15, -0.1) is 0 Å². The Bertz CT molecular complexity index is 389. The molecule has 1 aromatic heterocycles. The van der Waals surface area contributed by atoms with Crippen LogP contribution in [-0.2, 0) is 0 Å². The highest BCUT2D eigenvalue weighted by Gasteiger charge is 2.03. The van der Waals surface area contributed by atoms with Crippen LogP contribution in [0.15, 0.2) is 18.3 Å². The first-order valence-electron chi connectivity index (χ1n) is 4.48. The van der Waals surface area contributed by atoms with Gasteiger partial charge in [0.1, 0.15) is 11.9 Å². The maximum Gasteiger partial charge on any atom is 0.287 e. The summed E-state index contributed by atoms with van der Waals surface area (Å²) in [6.07, 6.45) is 1.94. The van der Waals surface area contributed by atoms with Crippen molar-refractivity contribution in [3.05, 3.63) is 34.1 Å². The van der Waals surface area contributed by atoms with Gasteiger partial charge in [0.15, 0.2) is 0 Å². The minimum absolute atomic E-state index is 0.0178. The lowest BCUT2D eigenvalue weighted by molar-refractivity contribution is -0.385. The lowest BCUT2D eigenvalue weighted by Gasteiger charge is -1.91. The number of aromatic nitrogens is 1. The molecule has 0 aliphatic rings. The smallest absolute Gasteiger partial charge is 0.287 e. The van der Waals surface area contributed by atoms with E-state index in [1.807, 2.05) is 7.05 Å². The van der Waals surface area contributed by atoms with Crippen LogP contribution in [0.1, 0.15) is 12.1 Å². The van der Waals surface area contributed by atoms with E-state index in [9.17, 15) is 10.1 Å². The zero-order valence-electron chi connectivity index (χ0n) is 8.36. The second kappa shape index (κ2) is 5.73. The molecule has 1 aromatic rings. The Hall–Kier alpha value is -1.93. The van der Waals surface area contributed by atoms with E-state index in [4.69, 9.17) is 0 Å². The highest BCUT2D eigenvalue weighted by Crippen LogP contribution is 2.07. The second-order valence-electron chi connectivity index (χ2n) is 2.81. The van der Waals surface area contributed by atoms with Gasteiger partial charge in [-0.25, -0.2) is 4.98 Å². The molecule has 0 spiro atoms. The molecule has 1 rings (SSSR count). The third-order valence-corrected chi connectivity index (χ3v) is 1.68. The Morgan fingerprint density at radius 1 is 1.60 bits per heavy atom. The Kier molecular flexibility index (Phi) is 4.26. The summed E-state index contributed by atoms with van der Waals surface area (Å²) in [4.78, 5) is 13.7. The molecule has 0 radical (unpaired) electrons. The van der Waals surface area contributed by atoms with Gasteiger partial charge < -0.3 is 5.32 Å². The maximum absolute atomic E-state index is 10.3. The molecule has 0 aliphatic carbocycles. The van der Waals surface area contributed by atoms with Crippen molar-refractivity contribution in [2.45, 2.75) is 6.42 Å². The lowest BCUT2D eigenvalue weighted by atomic mass is 10.3. The van der Waals surface area contributed by atoms with E-state index < -0.39 is 4.92 Å². The molecule has 0 amide bonds. The number of hydrogen-bond acceptors (Lipinski definition) is 4. The maximum atomic E-state index is 10.3. The van der Waals surface area contributed by atoms with Gasteiger partial charge in [0.2, 0.25) is 0 Å². The van der Waals surface area contributed by atoms with Gasteiger partial charge in [-0.2, -0.15) is 0 Å². The van der Waals surface area contributed by atoms with Crippen LogP contribution in [0.3, 0.4) is 0 Å². The molecule has 0 saturated carbocycles. The minimum Gasteiger partial charge on any atom is -0.319 e. The van der Waals surface area contributed by atoms with E-state index in [1.54, 1.807) is 6.07 Å². The third-order valence-electron chi connectivity index (χ3n) is 1.68. The Morgan fingerprint density at radius 3 is 2.93 bits per heavy atom. The van der Waals surface area contributed by atoms with Gasteiger partial charge in [-0.3, -0.25) is 10.1 Å². The van der Waals surface area contributed by atoms with Crippen LogP contribution in [-0.4, -0.2) is 23.5 Å². The van der Waals surface area contributed by atoms with Crippen molar-refractivity contribution >= 4 is 5.69 Å². The van der Waals surface area contributed by atoms with Crippen molar-refractivity contribution in [1.29, 1.82) is 0 Å². The highest BCUT2D eigenvalue weighted by molar-refractivity contribution is 5.34. The van der Waals surface area contributed by atoms with Crippen LogP contribution in [0.4, 0.5) is 5.69 Å². The molecule has 15 heavy (non-hydrogen) atoms. The number of nitrogens with one attached hydrogen (secondary N) is 1. The van der Waals surface area contributed by atoms with Gasteiger partial charge in [0.05, 0.1) is 4.92 Å². The van der Waals surface area contributed by atoms with Crippen LogP contribution >= 0.6 is 0 Å². The molecule has 5 heteroatoms. The average molecular weight is 205 g/mol. The summed E-state index contributed by atoms with van der Waals surface area (Å²) in [5.74, 6) is 5.73. The number of nitro groups is 1. The molecule has 1 N–H and O–H groups in total. The molecular weight excluding hydrogens is 194 g/mol. The van der Waals surface area contributed by atoms with Crippen molar-refractivity contribution in [2.75, 3.05) is 13.6 Å². The molecule has 78 valence electrons. The molecule has 0 unspecified atom stereocenters. The summed E-state index contributed by atoms with van der Waals surface area (Å²) in [5, 5.41) is 13.3. The zero-order chi connectivity index (χ0) is 11.1. The molecule has 0 bridgehead atoms. The van der Waals surface area contributed by atoms with E-state index in [1.165, 1.54) is 12.3 Å². The number of pyridine rings is 1. The molecule has 0 aromatic carbocycles. The fraction of sp³-hybridized carbons (Fsp3) is 0.300. The van der Waals surface area contributed by atoms with Crippen molar-refractivity contribution in [1.82, 2.24) is 10.3 Å². The molecular formula is C10H11N3O2. The molecule has 5 nitrogen and oxygen atoms in total. The quantitative estimate of drug-likeness (QED) is 0.345. The van der Waals surface area contributed by atoms with Gasteiger partial charge in [-0.05, 0) is 19.0 Å². The van der Waals surface area contributed by atoms with E-state index in [-0.39, 0.29) is 5.69 Å². The summed E-state index contributed by atoms with van der Waals surface area (Å²) in [5.41, 5.74) is 0.535. The Labute approximate surface area is 87.7 Å². The number of hydrogen-bond donors (Lipinski definition) is 1. The normalized spacial score (nSPS) is 9.13. The number of nitrogens with zero attached hydrogens (tertiary/aromatic N) is 2. The van der Waals surface area contributed by atoms with Crippen LogP contribution in [0.2, 0.25) is 0 Å². The van der Waals surface area contributed by atoms with Crippen LogP contribution < -0.4 is 5.32 Å². The fourth-order valence-electron chi connectivity index (χ4n) is 0.909. The first-order chi connectivity index (χ1) is 7.24. The van der Waals surface area contributed by atoms with Gasteiger partial charge in [0, 0.05) is 19.0 Å². The van der Waals surface area contributed by atoms with Gasteiger partial charge >= 0.3 is 0 Å². The summed E-state index contributed by atoms with van der Waals surface area (Å²) >= 11 is 0. The van der Waals surface area contributed by atoms with Crippen molar-refractivity contribution < 1.29 is 4.92 Å². The monoisotopic (exact) mass is 205 g/mol. The SMILES string of the molecule is CNCCC#Cc1ccc([N+](=O)[O-])cn1. The third kappa shape index (κ3) is 3.75. The van der Waals surface area contributed by atoms with Gasteiger partial charge in [-0.1, -0.05) is 5.92 Å². The molecule has 0 fully saturated rings. The standard InChI is InChI=1S/C10H11N3O2/c1-11-7-3-2-4-9-5-6-10(8-12-9)13(14)15/h5-6,8,11H,3,7H2,1H3. The molecule has 1 heterocycles. The first kappa shape index (κ1) is 11.1. The lowest BCUT2D eigenvalue weighted by Crippen LogP contribution is -2.05. The highest BCUT2D eigenvalue weighted by atomic mass is 16.6.